The van der Waals surface area contributed by atoms with Crippen LogP contribution in [0, 0.1) is 20.8 Å². The first-order valence-electron chi connectivity index (χ1n) is 10.3. The van der Waals surface area contributed by atoms with Gasteiger partial charge in [-0.1, -0.05) is 48.5 Å². The Bertz CT molecular complexity index is 1210. The predicted octanol–water partition coefficient (Wildman–Crippen LogP) is 4.15. The highest BCUT2D eigenvalue weighted by Crippen LogP contribution is 2.25. The molecule has 7 heteroatoms. The molecule has 0 aromatic heterocycles. The lowest BCUT2D eigenvalue weighted by Gasteiger charge is -2.20. The minimum absolute atomic E-state index is 0.00222. The van der Waals surface area contributed by atoms with Crippen LogP contribution in [0.5, 0.6) is 5.75 Å². The van der Waals surface area contributed by atoms with Gasteiger partial charge in [0.15, 0.2) is 0 Å². The fourth-order valence-corrected chi connectivity index (χ4v) is 4.82. The van der Waals surface area contributed by atoms with Crippen LogP contribution in [0.2, 0.25) is 0 Å². The topological polar surface area (TPSA) is 84.5 Å². The summed E-state index contributed by atoms with van der Waals surface area (Å²) >= 11 is 0. The highest BCUT2D eigenvalue weighted by Gasteiger charge is 2.28. The van der Waals surface area contributed by atoms with Gasteiger partial charge in [-0.3, -0.25) is 4.79 Å². The van der Waals surface area contributed by atoms with E-state index in [1.54, 1.807) is 19.1 Å². The van der Waals surface area contributed by atoms with Crippen molar-refractivity contribution in [3.8, 4) is 5.75 Å². The Morgan fingerprint density at radius 1 is 0.938 bits per heavy atom. The van der Waals surface area contributed by atoms with Gasteiger partial charge in [0.25, 0.3) is 0 Å². The molecular formula is C25H28N2O4S. The summed E-state index contributed by atoms with van der Waals surface area (Å²) in [6.07, 6.45) is 0.199. The van der Waals surface area contributed by atoms with Crippen molar-refractivity contribution in [1.29, 1.82) is 0 Å². The third-order valence-corrected chi connectivity index (χ3v) is 6.65. The predicted molar refractivity (Wildman–Crippen MR) is 127 cm³/mol. The van der Waals surface area contributed by atoms with E-state index in [-0.39, 0.29) is 17.1 Å². The molecule has 0 aliphatic carbocycles. The van der Waals surface area contributed by atoms with Gasteiger partial charge in [0.1, 0.15) is 16.7 Å². The Morgan fingerprint density at radius 3 is 2.28 bits per heavy atom. The molecule has 0 unspecified atom stereocenters. The number of benzene rings is 3. The molecule has 0 fully saturated rings. The number of hydrogen-bond acceptors (Lipinski definition) is 4. The van der Waals surface area contributed by atoms with Crippen molar-refractivity contribution in [3.05, 3.63) is 89.0 Å². The van der Waals surface area contributed by atoms with Crippen LogP contribution in [-0.4, -0.2) is 27.5 Å². The second-order valence-electron chi connectivity index (χ2n) is 7.83. The van der Waals surface area contributed by atoms with Gasteiger partial charge in [0, 0.05) is 5.69 Å². The first kappa shape index (κ1) is 23.5. The molecule has 1 atom stereocenters. The number of anilines is 1. The van der Waals surface area contributed by atoms with Crippen LogP contribution in [0.4, 0.5) is 5.69 Å². The second kappa shape index (κ2) is 9.97. The van der Waals surface area contributed by atoms with E-state index < -0.39 is 22.0 Å². The van der Waals surface area contributed by atoms with Gasteiger partial charge in [-0.05, 0) is 67.6 Å². The number of hydrogen-bond donors (Lipinski definition) is 2. The van der Waals surface area contributed by atoms with Crippen LogP contribution in [0.3, 0.4) is 0 Å². The van der Waals surface area contributed by atoms with E-state index in [1.807, 2.05) is 62.4 Å². The Morgan fingerprint density at radius 2 is 1.59 bits per heavy atom. The first-order valence-corrected chi connectivity index (χ1v) is 11.8. The molecule has 0 aliphatic heterocycles. The third-order valence-electron chi connectivity index (χ3n) is 5.16. The van der Waals surface area contributed by atoms with Crippen molar-refractivity contribution < 1.29 is 17.9 Å². The van der Waals surface area contributed by atoms with E-state index in [1.165, 1.54) is 13.2 Å². The average Bonchev–Trinajstić information content (AvgIpc) is 2.76. The molecule has 0 radical (unpaired) electrons. The van der Waals surface area contributed by atoms with E-state index in [2.05, 4.69) is 10.0 Å². The standard InChI is InChI=1S/C25H28N2O4S/c1-17-10-12-19(3)21(14-17)26-25(28)22(16-20-8-6-5-7-9-20)27-32(29,30)24-15-18(2)11-13-23(24)31-4/h5-15,22,27H,16H2,1-4H3,(H,26,28)/t22-/m0/s1. The zero-order chi connectivity index (χ0) is 23.3. The minimum Gasteiger partial charge on any atom is -0.495 e. The summed E-state index contributed by atoms with van der Waals surface area (Å²) in [5.41, 5.74) is 4.15. The van der Waals surface area contributed by atoms with Gasteiger partial charge in [-0.25, -0.2) is 8.42 Å². The molecule has 1 amide bonds. The lowest BCUT2D eigenvalue weighted by atomic mass is 10.1. The molecular weight excluding hydrogens is 424 g/mol. The highest BCUT2D eigenvalue weighted by molar-refractivity contribution is 7.89. The van der Waals surface area contributed by atoms with Crippen molar-refractivity contribution in [2.45, 2.75) is 38.1 Å². The van der Waals surface area contributed by atoms with Crippen molar-refractivity contribution in [1.82, 2.24) is 4.72 Å². The second-order valence-corrected chi connectivity index (χ2v) is 9.51. The smallest absolute Gasteiger partial charge is 0.245 e. The number of amides is 1. The van der Waals surface area contributed by atoms with Gasteiger partial charge in [-0.15, -0.1) is 0 Å². The van der Waals surface area contributed by atoms with Gasteiger partial charge in [0.2, 0.25) is 15.9 Å². The summed E-state index contributed by atoms with van der Waals surface area (Å²) in [4.78, 5) is 13.2. The molecule has 0 heterocycles. The molecule has 0 saturated carbocycles. The molecule has 2 N–H and O–H groups in total. The maximum atomic E-state index is 13.3. The summed E-state index contributed by atoms with van der Waals surface area (Å²) in [5.74, 6) is -0.214. The summed E-state index contributed by atoms with van der Waals surface area (Å²) in [7, 11) is -2.62. The Labute approximate surface area is 189 Å². The Balaban J connectivity index is 1.95. The molecule has 0 saturated heterocycles. The molecule has 0 spiro atoms. The van der Waals surface area contributed by atoms with E-state index in [9.17, 15) is 13.2 Å². The number of methoxy groups -OCH3 is 1. The van der Waals surface area contributed by atoms with Crippen molar-refractivity contribution in [3.63, 3.8) is 0 Å². The van der Waals surface area contributed by atoms with Crippen LogP contribution < -0.4 is 14.8 Å². The first-order chi connectivity index (χ1) is 15.2. The van der Waals surface area contributed by atoms with Crippen molar-refractivity contribution in [2.75, 3.05) is 12.4 Å². The molecule has 0 bridgehead atoms. The number of ether oxygens (including phenoxy) is 1. The zero-order valence-electron chi connectivity index (χ0n) is 18.7. The summed E-state index contributed by atoms with van der Waals surface area (Å²) in [6.45, 7) is 5.62. The van der Waals surface area contributed by atoms with E-state index in [4.69, 9.17) is 4.74 Å². The number of rotatable bonds is 8. The SMILES string of the molecule is COc1ccc(C)cc1S(=O)(=O)N[C@@H](Cc1ccccc1)C(=O)Nc1cc(C)ccc1C. The zero-order valence-corrected chi connectivity index (χ0v) is 19.5. The van der Waals surface area contributed by atoms with E-state index in [0.717, 1.165) is 22.3 Å². The highest BCUT2D eigenvalue weighted by atomic mass is 32.2. The van der Waals surface area contributed by atoms with E-state index >= 15 is 0 Å². The minimum atomic E-state index is -4.04. The number of sulfonamides is 1. The van der Waals surface area contributed by atoms with Gasteiger partial charge in [-0.2, -0.15) is 4.72 Å². The lowest BCUT2D eigenvalue weighted by Crippen LogP contribution is -2.45. The fourth-order valence-electron chi connectivity index (χ4n) is 3.37. The van der Waals surface area contributed by atoms with Crippen LogP contribution in [-0.2, 0) is 21.2 Å². The number of aryl methyl sites for hydroxylation is 3. The van der Waals surface area contributed by atoms with Crippen molar-refractivity contribution >= 4 is 21.6 Å². The normalized spacial score (nSPS) is 12.2. The number of carbonyl (C=O) groups is 1. The monoisotopic (exact) mass is 452 g/mol. The van der Waals surface area contributed by atoms with Crippen LogP contribution in [0.25, 0.3) is 0 Å². The molecule has 0 aliphatic rings. The summed E-state index contributed by atoms with van der Waals surface area (Å²) < 4.78 is 34.4. The van der Waals surface area contributed by atoms with Gasteiger partial charge >= 0.3 is 0 Å². The van der Waals surface area contributed by atoms with Crippen LogP contribution in [0.15, 0.2) is 71.6 Å². The molecule has 3 rings (SSSR count). The lowest BCUT2D eigenvalue weighted by molar-refractivity contribution is -0.117. The number of nitrogens with one attached hydrogen (secondary N) is 2. The molecule has 3 aromatic rings. The summed E-state index contributed by atoms with van der Waals surface area (Å²) in [6, 6.07) is 18.9. The largest absolute Gasteiger partial charge is 0.495 e. The molecule has 168 valence electrons. The summed E-state index contributed by atoms with van der Waals surface area (Å²) in [5, 5.41) is 2.89. The quantitative estimate of drug-likeness (QED) is 0.538. The third kappa shape index (κ3) is 5.75. The van der Waals surface area contributed by atoms with Crippen molar-refractivity contribution in [2.24, 2.45) is 0 Å². The maximum Gasteiger partial charge on any atom is 0.245 e. The van der Waals surface area contributed by atoms with Crippen LogP contribution in [0.1, 0.15) is 22.3 Å². The molecule has 6 nitrogen and oxygen atoms in total. The molecule has 3 aromatic carbocycles. The molecule has 32 heavy (non-hydrogen) atoms. The number of carbonyl (C=O) groups excluding carboxylic acids is 1. The van der Waals surface area contributed by atoms with Crippen LogP contribution >= 0.6 is 0 Å². The Kier molecular flexibility index (Phi) is 7.33. The average molecular weight is 453 g/mol. The maximum absolute atomic E-state index is 13.3. The van der Waals surface area contributed by atoms with Gasteiger partial charge in [0.05, 0.1) is 7.11 Å². The van der Waals surface area contributed by atoms with Gasteiger partial charge < -0.3 is 10.1 Å². The Hall–Kier alpha value is -3.16. The van der Waals surface area contributed by atoms with E-state index in [0.29, 0.717) is 5.69 Å². The fraction of sp³-hybridized carbons (Fsp3) is 0.240.